The minimum atomic E-state index is 0.882. The lowest BCUT2D eigenvalue weighted by atomic mass is 9.97. The molecule has 0 unspecified atom stereocenters. The lowest BCUT2D eigenvalue weighted by Gasteiger charge is -2.28. The molecule has 2 aromatic heterocycles. The normalized spacial score (nSPS) is 11.7. The molecule has 12 aromatic rings. The summed E-state index contributed by atoms with van der Waals surface area (Å²) in [5, 5.41) is 9.55. The number of para-hydroxylation sites is 3. The molecule has 0 saturated heterocycles. The molecule has 0 amide bonds. The minimum Gasteiger partial charge on any atom is -0.453 e. The molecule has 0 saturated carbocycles. The second-order valence-corrected chi connectivity index (χ2v) is 15.3. The zero-order chi connectivity index (χ0) is 38.9. The predicted octanol–water partition coefficient (Wildman–Crippen LogP) is 15.8. The highest BCUT2D eigenvalue weighted by atomic mass is 16.3. The van der Waals surface area contributed by atoms with Crippen LogP contribution in [-0.2, 0) is 0 Å². The molecule has 276 valence electrons. The van der Waals surface area contributed by atoms with Gasteiger partial charge in [-0.3, -0.25) is 0 Å². The van der Waals surface area contributed by atoms with Gasteiger partial charge in [-0.15, -0.1) is 0 Å². The predicted molar refractivity (Wildman–Crippen MR) is 249 cm³/mol. The molecule has 0 bridgehead atoms. The molecular formula is C56H36N2O. The summed E-state index contributed by atoms with van der Waals surface area (Å²) >= 11 is 0. The van der Waals surface area contributed by atoms with Crippen LogP contribution >= 0.6 is 0 Å². The van der Waals surface area contributed by atoms with Crippen molar-refractivity contribution in [1.29, 1.82) is 0 Å². The van der Waals surface area contributed by atoms with Crippen LogP contribution in [0.4, 0.5) is 17.1 Å². The summed E-state index contributed by atoms with van der Waals surface area (Å²) in [6.45, 7) is 0. The molecule has 3 heteroatoms. The van der Waals surface area contributed by atoms with Gasteiger partial charge in [-0.2, -0.15) is 0 Å². The molecular weight excluding hydrogens is 717 g/mol. The van der Waals surface area contributed by atoms with Crippen LogP contribution in [0.5, 0.6) is 0 Å². The van der Waals surface area contributed by atoms with Gasteiger partial charge < -0.3 is 13.9 Å². The third-order valence-corrected chi connectivity index (χ3v) is 11.9. The van der Waals surface area contributed by atoms with E-state index in [2.05, 4.69) is 228 Å². The van der Waals surface area contributed by atoms with Crippen molar-refractivity contribution >= 4 is 82.4 Å². The molecule has 0 aliphatic carbocycles. The average Bonchev–Trinajstić information content (AvgIpc) is 3.85. The molecule has 0 fully saturated rings. The molecule has 2 heterocycles. The monoisotopic (exact) mass is 752 g/mol. The number of furan rings is 1. The number of anilines is 3. The Hall–Kier alpha value is -7.88. The quantitative estimate of drug-likeness (QED) is 0.158. The van der Waals surface area contributed by atoms with Crippen molar-refractivity contribution in [3.05, 3.63) is 218 Å². The van der Waals surface area contributed by atoms with Crippen LogP contribution in [0.15, 0.2) is 223 Å². The second-order valence-electron chi connectivity index (χ2n) is 15.3. The lowest BCUT2D eigenvalue weighted by Crippen LogP contribution is -2.11. The largest absolute Gasteiger partial charge is 0.453 e. The van der Waals surface area contributed by atoms with Crippen LogP contribution < -0.4 is 4.90 Å². The van der Waals surface area contributed by atoms with Gasteiger partial charge in [0.2, 0.25) is 0 Å². The maximum Gasteiger partial charge on any atom is 0.161 e. The molecule has 0 spiro atoms. The van der Waals surface area contributed by atoms with Crippen LogP contribution in [0.3, 0.4) is 0 Å². The number of aromatic nitrogens is 1. The Balaban J connectivity index is 1.06. The standard InChI is InChI=1S/C56H36N2O/c1-2-19-41(20-3-1)58-52-30-11-10-26-50(52)56-54(58)51-29-14-28-47(55(51)59-56)39-18-12-21-43(35-39)57(53-36-40-16-5-7-23-46(40)48-24-8-9-25-49(48)53)42-33-31-38(32-34-42)45-27-13-17-37-15-4-6-22-44(37)45/h1-36H. The van der Waals surface area contributed by atoms with Crippen molar-refractivity contribution in [3.8, 4) is 27.9 Å². The van der Waals surface area contributed by atoms with Gasteiger partial charge in [0.25, 0.3) is 0 Å². The van der Waals surface area contributed by atoms with E-state index < -0.39 is 0 Å². The first-order valence-electron chi connectivity index (χ1n) is 20.2. The highest BCUT2D eigenvalue weighted by molar-refractivity contribution is 6.19. The molecule has 59 heavy (non-hydrogen) atoms. The van der Waals surface area contributed by atoms with Gasteiger partial charge in [0.05, 0.1) is 11.2 Å². The molecule has 0 N–H and O–H groups in total. The van der Waals surface area contributed by atoms with Gasteiger partial charge in [-0.25, -0.2) is 0 Å². The van der Waals surface area contributed by atoms with E-state index in [1.807, 2.05) is 0 Å². The van der Waals surface area contributed by atoms with E-state index in [-0.39, 0.29) is 0 Å². The van der Waals surface area contributed by atoms with E-state index in [9.17, 15) is 0 Å². The summed E-state index contributed by atoms with van der Waals surface area (Å²) in [6, 6.07) is 78.6. The first kappa shape index (κ1) is 33.3. The third kappa shape index (κ3) is 5.29. The topological polar surface area (TPSA) is 21.3 Å². The van der Waals surface area contributed by atoms with Gasteiger partial charge in [-0.1, -0.05) is 158 Å². The maximum atomic E-state index is 6.98. The van der Waals surface area contributed by atoms with E-state index in [1.165, 1.54) is 43.4 Å². The summed E-state index contributed by atoms with van der Waals surface area (Å²) < 4.78 is 9.32. The fourth-order valence-electron chi connectivity index (χ4n) is 9.29. The van der Waals surface area contributed by atoms with Crippen LogP contribution in [0.1, 0.15) is 0 Å². The SMILES string of the molecule is c1ccc(-n2c3ccccc3c3oc4c(-c5cccc(N(c6ccc(-c7cccc8ccccc78)cc6)c6cc7ccccc7c7ccccc67)c5)cccc4c32)cc1. The first-order chi connectivity index (χ1) is 29.3. The number of nitrogens with zero attached hydrogens (tertiary/aromatic N) is 2. The summed E-state index contributed by atoms with van der Waals surface area (Å²) in [7, 11) is 0. The lowest BCUT2D eigenvalue weighted by molar-refractivity contribution is 0.674. The van der Waals surface area contributed by atoms with Crippen molar-refractivity contribution in [2.24, 2.45) is 0 Å². The molecule has 10 aromatic carbocycles. The van der Waals surface area contributed by atoms with E-state index >= 15 is 0 Å². The van der Waals surface area contributed by atoms with Gasteiger partial charge in [0.15, 0.2) is 5.58 Å². The van der Waals surface area contributed by atoms with Crippen molar-refractivity contribution in [1.82, 2.24) is 4.57 Å². The van der Waals surface area contributed by atoms with Crippen molar-refractivity contribution < 1.29 is 4.42 Å². The highest BCUT2D eigenvalue weighted by Crippen LogP contribution is 2.46. The molecule has 3 nitrogen and oxygen atoms in total. The van der Waals surface area contributed by atoms with E-state index in [0.717, 1.165) is 66.8 Å². The summed E-state index contributed by atoms with van der Waals surface area (Å²) in [4.78, 5) is 2.42. The Morgan fingerprint density at radius 3 is 1.83 bits per heavy atom. The Bertz CT molecular complexity index is 3550. The molecule has 0 radical (unpaired) electrons. The average molecular weight is 753 g/mol. The number of hydrogen-bond donors (Lipinski definition) is 0. The van der Waals surface area contributed by atoms with E-state index in [0.29, 0.717) is 0 Å². The van der Waals surface area contributed by atoms with Crippen LogP contribution in [-0.4, -0.2) is 4.57 Å². The highest BCUT2D eigenvalue weighted by Gasteiger charge is 2.23. The van der Waals surface area contributed by atoms with E-state index in [4.69, 9.17) is 4.42 Å². The van der Waals surface area contributed by atoms with Gasteiger partial charge >= 0.3 is 0 Å². The van der Waals surface area contributed by atoms with Gasteiger partial charge in [-0.05, 0) is 104 Å². The van der Waals surface area contributed by atoms with Crippen LogP contribution in [0.2, 0.25) is 0 Å². The number of hydrogen-bond acceptors (Lipinski definition) is 2. The second kappa shape index (κ2) is 13.4. The fraction of sp³-hybridized carbons (Fsp3) is 0. The van der Waals surface area contributed by atoms with Crippen LogP contribution in [0.25, 0.3) is 93.2 Å². The number of rotatable bonds is 6. The number of benzene rings is 10. The Morgan fingerprint density at radius 2 is 0.983 bits per heavy atom. The fourth-order valence-corrected chi connectivity index (χ4v) is 9.29. The van der Waals surface area contributed by atoms with Crippen molar-refractivity contribution in [2.45, 2.75) is 0 Å². The maximum absolute atomic E-state index is 6.98. The third-order valence-electron chi connectivity index (χ3n) is 11.9. The van der Waals surface area contributed by atoms with Crippen molar-refractivity contribution in [3.63, 3.8) is 0 Å². The zero-order valence-corrected chi connectivity index (χ0v) is 32.1. The van der Waals surface area contributed by atoms with Gasteiger partial charge in [0, 0.05) is 38.8 Å². The summed E-state index contributed by atoms with van der Waals surface area (Å²) in [5.41, 5.74) is 12.9. The Labute approximate surface area is 341 Å². The summed E-state index contributed by atoms with van der Waals surface area (Å²) in [5.74, 6) is 0. The molecule has 12 rings (SSSR count). The molecule has 0 aliphatic heterocycles. The van der Waals surface area contributed by atoms with Gasteiger partial charge in [0.1, 0.15) is 11.1 Å². The smallest absolute Gasteiger partial charge is 0.161 e. The van der Waals surface area contributed by atoms with Crippen molar-refractivity contribution in [2.75, 3.05) is 4.90 Å². The van der Waals surface area contributed by atoms with Crippen LogP contribution in [0, 0.1) is 0 Å². The zero-order valence-electron chi connectivity index (χ0n) is 32.1. The molecule has 0 atom stereocenters. The minimum absolute atomic E-state index is 0.882. The molecule has 0 aliphatic rings. The van der Waals surface area contributed by atoms with E-state index in [1.54, 1.807) is 0 Å². The Kier molecular flexibility index (Phi) is 7.54. The Morgan fingerprint density at radius 1 is 0.356 bits per heavy atom. The number of fused-ring (bicyclic) bond motifs is 9. The first-order valence-corrected chi connectivity index (χ1v) is 20.2. The summed E-state index contributed by atoms with van der Waals surface area (Å²) in [6.07, 6.45) is 0.